The Morgan fingerprint density at radius 2 is 2.03 bits per heavy atom. The molecule has 11 heteroatoms. The summed E-state index contributed by atoms with van der Waals surface area (Å²) < 4.78 is 8.95. The van der Waals surface area contributed by atoms with E-state index in [1.54, 1.807) is 9.47 Å². The van der Waals surface area contributed by atoms with Crippen molar-refractivity contribution in [1.29, 1.82) is 0 Å². The lowest BCUT2D eigenvalue weighted by Gasteiger charge is -2.28. The number of nitrogens with one attached hydrogen (secondary N) is 1. The Morgan fingerprint density at radius 1 is 1.24 bits per heavy atom. The van der Waals surface area contributed by atoms with E-state index in [4.69, 9.17) is 4.74 Å². The molecule has 2 aliphatic heterocycles. The lowest BCUT2D eigenvalue weighted by Crippen LogP contribution is -2.46. The molecule has 0 saturated carbocycles. The molecule has 33 heavy (non-hydrogen) atoms. The van der Waals surface area contributed by atoms with Crippen LogP contribution in [0.3, 0.4) is 0 Å². The van der Waals surface area contributed by atoms with Crippen molar-refractivity contribution in [2.45, 2.75) is 77.4 Å². The molecular weight excluding hydrogens is 446 g/mol. The fourth-order valence-electron chi connectivity index (χ4n) is 4.50. The van der Waals surface area contributed by atoms with E-state index in [-0.39, 0.29) is 12.5 Å². The number of amides is 1. The number of aromatic amines is 1. The van der Waals surface area contributed by atoms with Crippen LogP contribution in [0, 0.1) is 5.92 Å². The molecule has 2 saturated heterocycles. The van der Waals surface area contributed by atoms with E-state index in [0.29, 0.717) is 61.1 Å². The summed E-state index contributed by atoms with van der Waals surface area (Å²) in [5, 5.41) is 0. The van der Waals surface area contributed by atoms with Crippen molar-refractivity contribution in [3.05, 3.63) is 26.7 Å². The molecule has 4 heterocycles. The maximum absolute atomic E-state index is 13.1. The van der Waals surface area contributed by atoms with Gasteiger partial charge in [0.05, 0.1) is 0 Å². The summed E-state index contributed by atoms with van der Waals surface area (Å²) >= 11 is 1.45. The molecule has 0 radical (unpaired) electrons. The average Bonchev–Trinajstić information content (AvgIpc) is 3.44. The number of aryl methyl sites for hydroxylation is 2. The van der Waals surface area contributed by atoms with Crippen molar-refractivity contribution in [3.63, 3.8) is 0 Å². The van der Waals surface area contributed by atoms with Crippen LogP contribution in [0.5, 0.6) is 0 Å². The van der Waals surface area contributed by atoms with Crippen LogP contribution in [-0.4, -0.2) is 53.0 Å². The first-order chi connectivity index (χ1) is 15.8. The monoisotopic (exact) mass is 477 g/mol. The minimum Gasteiger partial charge on any atom is -0.455 e. The van der Waals surface area contributed by atoms with Gasteiger partial charge in [-0.1, -0.05) is 27.2 Å². The average molecular weight is 478 g/mol. The van der Waals surface area contributed by atoms with Crippen molar-refractivity contribution in [2.75, 3.05) is 12.3 Å². The first-order valence-corrected chi connectivity index (χ1v) is 12.6. The molecule has 1 unspecified atom stereocenters. The highest BCUT2D eigenvalue weighted by molar-refractivity contribution is 8.01. The molecule has 0 spiro atoms. The smallest absolute Gasteiger partial charge is 0.343 e. The zero-order chi connectivity index (χ0) is 23.8. The normalized spacial score (nSPS) is 20.2. The van der Waals surface area contributed by atoms with Crippen LogP contribution in [-0.2, 0) is 34.0 Å². The number of hydrogen-bond donors (Lipinski definition) is 1. The third-order valence-corrected chi connectivity index (χ3v) is 7.81. The molecule has 1 atom stereocenters. The molecule has 0 aromatic carbocycles. The summed E-state index contributed by atoms with van der Waals surface area (Å²) in [6.45, 7) is 7.57. The largest absolute Gasteiger partial charge is 0.455 e. The van der Waals surface area contributed by atoms with Crippen LogP contribution in [0.25, 0.3) is 11.2 Å². The van der Waals surface area contributed by atoms with Gasteiger partial charge in [0.25, 0.3) is 5.56 Å². The van der Waals surface area contributed by atoms with E-state index in [1.807, 2.05) is 6.92 Å². The number of fused-ring (bicyclic) bond motifs is 2. The standard InChI is InChI=1S/C22H31N5O5S/c1-4-5-9-26-18-17(19(29)24-21(26)31)25(10-7-14(2)3)15(23-18)13-32-20(30)22-8-6-16(28)27(22)11-12-33-22/h14H,4-13H2,1-3H3,(H,24,29,31). The zero-order valence-electron chi connectivity index (χ0n) is 19.4. The Labute approximate surface area is 195 Å². The highest BCUT2D eigenvalue weighted by Crippen LogP contribution is 2.45. The number of thioether (sulfide) groups is 1. The van der Waals surface area contributed by atoms with Gasteiger partial charge < -0.3 is 14.2 Å². The SMILES string of the molecule is CCCCn1c(=O)[nH]c(=O)c2c1nc(COC(=O)C13CCC(=O)N1CCS3)n2CCC(C)C. The zero-order valence-corrected chi connectivity index (χ0v) is 20.2. The van der Waals surface area contributed by atoms with Gasteiger partial charge in [-0.3, -0.25) is 19.1 Å². The summed E-state index contributed by atoms with van der Waals surface area (Å²) in [6, 6.07) is 0. The van der Waals surface area contributed by atoms with Gasteiger partial charge in [0, 0.05) is 31.8 Å². The molecule has 1 amide bonds. The Morgan fingerprint density at radius 3 is 2.76 bits per heavy atom. The number of ether oxygens (including phenoxy) is 1. The van der Waals surface area contributed by atoms with Crippen LogP contribution >= 0.6 is 11.8 Å². The molecule has 0 bridgehead atoms. The number of hydrogen-bond acceptors (Lipinski definition) is 7. The van der Waals surface area contributed by atoms with Gasteiger partial charge >= 0.3 is 11.7 Å². The number of nitrogens with zero attached hydrogens (tertiary/aromatic N) is 4. The lowest BCUT2D eigenvalue weighted by atomic mass is 10.1. The molecule has 0 aliphatic carbocycles. The Balaban J connectivity index is 1.68. The number of H-pyrrole nitrogens is 1. The minimum absolute atomic E-state index is 0.0207. The Kier molecular flexibility index (Phi) is 6.69. The predicted molar refractivity (Wildman–Crippen MR) is 125 cm³/mol. The number of imidazole rings is 1. The first kappa shape index (κ1) is 23.6. The van der Waals surface area contributed by atoms with E-state index in [2.05, 4.69) is 23.8 Å². The number of rotatable bonds is 9. The molecule has 2 aromatic heterocycles. The van der Waals surface area contributed by atoms with E-state index < -0.39 is 22.1 Å². The lowest BCUT2D eigenvalue weighted by molar-refractivity contribution is -0.154. The Hall–Kier alpha value is -2.56. The van der Waals surface area contributed by atoms with Crippen LogP contribution < -0.4 is 11.2 Å². The molecule has 4 rings (SSSR count). The van der Waals surface area contributed by atoms with E-state index >= 15 is 0 Å². The third kappa shape index (κ3) is 4.22. The number of carbonyl (C=O) groups excluding carboxylic acids is 2. The first-order valence-electron chi connectivity index (χ1n) is 11.6. The highest BCUT2D eigenvalue weighted by Gasteiger charge is 2.56. The van der Waals surface area contributed by atoms with Gasteiger partial charge in [0.15, 0.2) is 16.0 Å². The molecule has 10 nitrogen and oxygen atoms in total. The van der Waals surface area contributed by atoms with Gasteiger partial charge in [-0.2, -0.15) is 0 Å². The second-order valence-corrected chi connectivity index (χ2v) is 10.4. The molecule has 180 valence electrons. The number of carbonyl (C=O) groups is 2. The third-order valence-electron chi connectivity index (χ3n) is 6.35. The second-order valence-electron chi connectivity index (χ2n) is 9.05. The predicted octanol–water partition coefficient (Wildman–Crippen LogP) is 1.84. The Bertz CT molecular complexity index is 1180. The van der Waals surface area contributed by atoms with Crippen LogP contribution in [0.2, 0.25) is 0 Å². The van der Waals surface area contributed by atoms with Gasteiger partial charge in [0.1, 0.15) is 12.4 Å². The summed E-state index contributed by atoms with van der Waals surface area (Å²) in [5.74, 6) is 1.04. The van der Waals surface area contributed by atoms with E-state index in [9.17, 15) is 19.2 Å². The fraction of sp³-hybridized carbons (Fsp3) is 0.682. The maximum Gasteiger partial charge on any atom is 0.343 e. The molecule has 1 N–H and O–H groups in total. The highest BCUT2D eigenvalue weighted by atomic mass is 32.2. The molecule has 2 aromatic rings. The number of unbranched alkanes of at least 4 members (excludes halogenated alkanes) is 1. The van der Waals surface area contributed by atoms with Gasteiger partial charge in [-0.15, -0.1) is 11.8 Å². The van der Waals surface area contributed by atoms with Crippen molar-refractivity contribution >= 4 is 34.8 Å². The van der Waals surface area contributed by atoms with Crippen LogP contribution in [0.1, 0.15) is 58.7 Å². The number of aromatic nitrogens is 4. The number of esters is 1. The molecule has 2 fully saturated rings. The summed E-state index contributed by atoms with van der Waals surface area (Å²) in [5.41, 5.74) is -0.338. The second kappa shape index (κ2) is 9.36. The summed E-state index contributed by atoms with van der Waals surface area (Å²) in [7, 11) is 0. The topological polar surface area (TPSA) is 119 Å². The van der Waals surface area contributed by atoms with E-state index in [1.165, 1.54) is 16.3 Å². The minimum atomic E-state index is -0.952. The molecule has 2 aliphatic rings. The fourth-order valence-corrected chi connectivity index (χ4v) is 5.89. The van der Waals surface area contributed by atoms with Crippen molar-refractivity contribution in [2.24, 2.45) is 5.92 Å². The van der Waals surface area contributed by atoms with Crippen LogP contribution in [0.4, 0.5) is 0 Å². The molecular formula is C22H31N5O5S. The van der Waals surface area contributed by atoms with Gasteiger partial charge in [-0.25, -0.2) is 14.6 Å². The van der Waals surface area contributed by atoms with Crippen molar-refractivity contribution < 1.29 is 14.3 Å². The summed E-state index contributed by atoms with van der Waals surface area (Å²) in [4.78, 5) is 58.2. The van der Waals surface area contributed by atoms with Crippen molar-refractivity contribution in [1.82, 2.24) is 24.0 Å². The quantitative estimate of drug-likeness (QED) is 0.547. The van der Waals surface area contributed by atoms with Crippen LogP contribution in [0.15, 0.2) is 9.59 Å². The van der Waals surface area contributed by atoms with E-state index in [0.717, 1.165) is 19.3 Å². The van der Waals surface area contributed by atoms with Gasteiger partial charge in [-0.05, 0) is 25.2 Å². The van der Waals surface area contributed by atoms with Crippen molar-refractivity contribution in [3.8, 4) is 0 Å². The maximum atomic E-state index is 13.1. The summed E-state index contributed by atoms with van der Waals surface area (Å²) in [6.07, 6.45) is 3.24. The van der Waals surface area contributed by atoms with Gasteiger partial charge in [0.2, 0.25) is 5.91 Å².